The number of aromatic nitrogens is 5. The van der Waals surface area contributed by atoms with Crippen LogP contribution in [0, 0.1) is 13.8 Å². The minimum absolute atomic E-state index is 0.386. The second-order valence-electron chi connectivity index (χ2n) is 7.24. The van der Waals surface area contributed by atoms with Crippen molar-refractivity contribution < 1.29 is 4.52 Å². The average Bonchev–Trinajstić information content (AvgIpc) is 3.19. The number of nitrogens with zero attached hydrogens (tertiary/aromatic N) is 7. The lowest BCUT2D eigenvalue weighted by atomic mass is 10.1. The largest absolute Gasteiger partial charge is 0.354 e. The maximum atomic E-state index is 5.07. The molecule has 1 fully saturated rings. The number of piperazine rings is 1. The van der Waals surface area contributed by atoms with Crippen LogP contribution < -0.4 is 4.90 Å². The van der Waals surface area contributed by atoms with Gasteiger partial charge < -0.3 is 9.42 Å². The van der Waals surface area contributed by atoms with E-state index in [1.54, 1.807) is 0 Å². The summed E-state index contributed by atoms with van der Waals surface area (Å²) in [4.78, 5) is 13.8. The highest BCUT2D eigenvalue weighted by Gasteiger charge is 2.22. The Morgan fingerprint density at radius 2 is 1.85 bits per heavy atom. The molecule has 0 N–H and O–H groups in total. The van der Waals surface area contributed by atoms with Crippen LogP contribution in [0.5, 0.6) is 0 Å². The summed E-state index contributed by atoms with van der Waals surface area (Å²) in [5.41, 5.74) is 3.02. The van der Waals surface area contributed by atoms with E-state index in [9.17, 15) is 0 Å². The molecule has 0 amide bonds. The van der Waals surface area contributed by atoms with Crippen molar-refractivity contribution >= 4 is 11.5 Å². The van der Waals surface area contributed by atoms with E-state index in [0.717, 1.165) is 61.4 Å². The molecule has 0 aliphatic carbocycles. The van der Waals surface area contributed by atoms with Crippen molar-refractivity contribution in [1.29, 1.82) is 0 Å². The third-order valence-electron chi connectivity index (χ3n) is 4.77. The van der Waals surface area contributed by atoms with E-state index >= 15 is 0 Å². The van der Waals surface area contributed by atoms with Crippen molar-refractivity contribution in [3.05, 3.63) is 35.2 Å². The lowest BCUT2D eigenvalue weighted by Crippen LogP contribution is -2.46. The Labute approximate surface area is 152 Å². The Morgan fingerprint density at radius 1 is 1.08 bits per heavy atom. The second-order valence-corrected chi connectivity index (χ2v) is 7.24. The predicted octanol–water partition coefficient (Wildman–Crippen LogP) is 2.17. The highest BCUT2D eigenvalue weighted by atomic mass is 16.5. The van der Waals surface area contributed by atoms with Crippen LogP contribution in [0.25, 0.3) is 5.65 Å². The molecule has 0 bridgehead atoms. The Hall–Kier alpha value is -2.48. The normalized spacial score (nSPS) is 16.1. The van der Waals surface area contributed by atoms with E-state index in [2.05, 4.69) is 45.0 Å². The van der Waals surface area contributed by atoms with Crippen molar-refractivity contribution in [1.82, 2.24) is 29.6 Å². The smallest absolute Gasteiger partial charge is 0.223 e. The van der Waals surface area contributed by atoms with Gasteiger partial charge in [0, 0.05) is 50.9 Å². The van der Waals surface area contributed by atoms with Gasteiger partial charge in [-0.1, -0.05) is 19.0 Å². The molecule has 0 saturated carbocycles. The first-order valence-electron chi connectivity index (χ1n) is 9.13. The van der Waals surface area contributed by atoms with Gasteiger partial charge >= 0.3 is 0 Å². The third-order valence-corrected chi connectivity index (χ3v) is 4.77. The van der Waals surface area contributed by atoms with E-state index in [-0.39, 0.29) is 0 Å². The zero-order valence-electron chi connectivity index (χ0n) is 15.8. The first kappa shape index (κ1) is 17.0. The summed E-state index contributed by atoms with van der Waals surface area (Å²) in [6.45, 7) is 12.7. The minimum atomic E-state index is 0.386. The van der Waals surface area contributed by atoms with Gasteiger partial charge in [0.1, 0.15) is 5.82 Å². The summed E-state index contributed by atoms with van der Waals surface area (Å²) in [7, 11) is 0. The van der Waals surface area contributed by atoms with Gasteiger partial charge in [0.25, 0.3) is 0 Å². The third kappa shape index (κ3) is 3.29. The molecule has 0 aromatic carbocycles. The van der Waals surface area contributed by atoms with Gasteiger partial charge in [0.15, 0.2) is 11.5 Å². The van der Waals surface area contributed by atoms with Crippen LogP contribution in [0.1, 0.15) is 42.9 Å². The lowest BCUT2D eigenvalue weighted by molar-refractivity contribution is 0.239. The van der Waals surface area contributed by atoms with Crippen molar-refractivity contribution in [3.8, 4) is 0 Å². The molecule has 138 valence electrons. The summed E-state index contributed by atoms with van der Waals surface area (Å²) in [5, 5.41) is 8.64. The molecular weight excluding hydrogens is 330 g/mol. The van der Waals surface area contributed by atoms with Gasteiger partial charge in [-0.3, -0.25) is 4.90 Å². The molecule has 8 nitrogen and oxygen atoms in total. The lowest BCUT2D eigenvalue weighted by Gasteiger charge is -2.35. The van der Waals surface area contributed by atoms with Crippen LogP contribution >= 0.6 is 0 Å². The van der Waals surface area contributed by atoms with E-state index in [1.165, 1.54) is 0 Å². The number of anilines is 1. The molecule has 0 spiro atoms. The molecule has 3 aromatic heterocycles. The van der Waals surface area contributed by atoms with Gasteiger partial charge in [-0.25, -0.2) is 4.98 Å². The molecule has 4 rings (SSSR count). The van der Waals surface area contributed by atoms with E-state index in [0.29, 0.717) is 11.8 Å². The summed E-state index contributed by atoms with van der Waals surface area (Å²) in [5.74, 6) is 2.89. The number of aryl methyl sites for hydroxylation is 2. The maximum Gasteiger partial charge on any atom is 0.223 e. The zero-order valence-corrected chi connectivity index (χ0v) is 15.8. The molecule has 3 aromatic rings. The molecule has 1 aliphatic heterocycles. The number of hydrogen-bond acceptors (Lipinski definition) is 7. The topological polar surface area (TPSA) is 75.6 Å². The number of fused-ring (bicyclic) bond motifs is 1. The number of rotatable bonds is 4. The quantitative estimate of drug-likeness (QED) is 0.710. The van der Waals surface area contributed by atoms with Crippen molar-refractivity contribution in [2.45, 2.75) is 40.2 Å². The molecule has 1 aliphatic rings. The Morgan fingerprint density at radius 3 is 2.50 bits per heavy atom. The average molecular weight is 355 g/mol. The first-order chi connectivity index (χ1) is 12.5. The first-order valence-corrected chi connectivity index (χ1v) is 9.13. The zero-order chi connectivity index (χ0) is 18.3. The summed E-state index contributed by atoms with van der Waals surface area (Å²) < 4.78 is 7.04. The molecule has 26 heavy (non-hydrogen) atoms. The fourth-order valence-electron chi connectivity index (χ4n) is 3.35. The van der Waals surface area contributed by atoms with Gasteiger partial charge in [-0.05, 0) is 12.8 Å². The van der Waals surface area contributed by atoms with E-state index in [4.69, 9.17) is 9.51 Å². The summed E-state index contributed by atoms with van der Waals surface area (Å²) >= 11 is 0. The van der Waals surface area contributed by atoms with E-state index in [1.807, 2.05) is 24.4 Å². The molecule has 0 radical (unpaired) electrons. The Kier molecular flexibility index (Phi) is 4.36. The predicted molar refractivity (Wildman–Crippen MR) is 98.3 cm³/mol. The Bertz CT molecular complexity index is 906. The van der Waals surface area contributed by atoms with E-state index < -0.39 is 0 Å². The van der Waals surface area contributed by atoms with Gasteiger partial charge in [0.2, 0.25) is 5.89 Å². The monoisotopic (exact) mass is 355 g/mol. The minimum Gasteiger partial charge on any atom is -0.354 e. The van der Waals surface area contributed by atoms with Gasteiger partial charge in [-0.15, -0.1) is 0 Å². The highest BCUT2D eigenvalue weighted by molar-refractivity contribution is 5.52. The van der Waals surface area contributed by atoms with Crippen LogP contribution in [0.4, 0.5) is 5.82 Å². The summed E-state index contributed by atoms with van der Waals surface area (Å²) in [6, 6.07) is 4.23. The van der Waals surface area contributed by atoms with Crippen molar-refractivity contribution in [3.63, 3.8) is 0 Å². The highest BCUT2D eigenvalue weighted by Crippen LogP contribution is 2.23. The number of hydrogen-bond donors (Lipinski definition) is 0. The van der Waals surface area contributed by atoms with Crippen LogP contribution in [0.3, 0.4) is 0 Å². The van der Waals surface area contributed by atoms with Crippen LogP contribution in [-0.2, 0) is 6.54 Å². The standard InChI is InChI=1S/C18H25N7O/c1-12(2)15-10-18(25-17(20-15)9-13(3)21-25)24-7-5-23(6-8-24)11-16-19-14(4)26-22-16/h9-10,12H,5-8,11H2,1-4H3. The van der Waals surface area contributed by atoms with Crippen molar-refractivity contribution in [2.24, 2.45) is 0 Å². The SMILES string of the molecule is Cc1cc2nc(C(C)C)cc(N3CCN(Cc4noc(C)n4)CC3)n2n1. The molecule has 0 atom stereocenters. The van der Waals surface area contributed by atoms with Crippen molar-refractivity contribution in [2.75, 3.05) is 31.1 Å². The van der Waals surface area contributed by atoms with Gasteiger partial charge in [-0.2, -0.15) is 14.6 Å². The second kappa shape index (κ2) is 6.68. The van der Waals surface area contributed by atoms with Crippen LogP contribution in [0.15, 0.2) is 16.7 Å². The Balaban J connectivity index is 1.53. The molecular formula is C18H25N7O. The molecule has 4 heterocycles. The molecule has 8 heteroatoms. The maximum absolute atomic E-state index is 5.07. The van der Waals surface area contributed by atoms with Gasteiger partial charge in [0.05, 0.1) is 12.2 Å². The summed E-state index contributed by atoms with van der Waals surface area (Å²) in [6.07, 6.45) is 0. The fourth-order valence-corrected chi connectivity index (χ4v) is 3.35. The van der Waals surface area contributed by atoms with Crippen LogP contribution in [0.2, 0.25) is 0 Å². The molecule has 0 unspecified atom stereocenters. The molecule has 1 saturated heterocycles. The fraction of sp³-hybridized carbons (Fsp3) is 0.556. The van der Waals surface area contributed by atoms with Crippen LogP contribution in [-0.4, -0.2) is 55.8 Å².